The van der Waals surface area contributed by atoms with Crippen LogP contribution >= 0.6 is 0 Å². The molecule has 0 aromatic heterocycles. The standard InChI is InChI=1S/C15H11N3O3/c19-15-10-14(11-5-2-1-3-6-11)16-17(15)12-7-4-8-13(9-12)18(20)21/h1-9H,10H2. The molecule has 3 rings (SSSR count). The molecule has 0 spiro atoms. The quantitative estimate of drug-likeness (QED) is 0.641. The van der Waals surface area contributed by atoms with Crippen molar-refractivity contribution in [2.24, 2.45) is 5.10 Å². The molecular weight excluding hydrogens is 270 g/mol. The first-order chi connectivity index (χ1) is 10.1. The van der Waals surface area contributed by atoms with Gasteiger partial charge in [0.2, 0.25) is 0 Å². The summed E-state index contributed by atoms with van der Waals surface area (Å²) in [5.74, 6) is -0.200. The topological polar surface area (TPSA) is 75.8 Å². The Morgan fingerprint density at radius 1 is 1.10 bits per heavy atom. The molecule has 2 aromatic rings. The van der Waals surface area contributed by atoms with Crippen LogP contribution in [0.5, 0.6) is 0 Å². The van der Waals surface area contributed by atoms with Crippen LogP contribution in [0.3, 0.4) is 0 Å². The predicted molar refractivity (Wildman–Crippen MR) is 78.2 cm³/mol. The number of carbonyl (C=O) groups is 1. The van der Waals surface area contributed by atoms with Crippen LogP contribution in [0.15, 0.2) is 59.7 Å². The van der Waals surface area contributed by atoms with Gasteiger partial charge in [0.05, 0.1) is 22.7 Å². The fourth-order valence-electron chi connectivity index (χ4n) is 2.16. The molecule has 0 bridgehead atoms. The van der Waals surface area contributed by atoms with Gasteiger partial charge < -0.3 is 0 Å². The fourth-order valence-corrected chi connectivity index (χ4v) is 2.16. The van der Waals surface area contributed by atoms with E-state index in [1.807, 2.05) is 30.3 Å². The number of nitrogens with zero attached hydrogens (tertiary/aromatic N) is 3. The molecule has 0 saturated carbocycles. The van der Waals surface area contributed by atoms with Crippen LogP contribution in [0.2, 0.25) is 0 Å². The largest absolute Gasteiger partial charge is 0.272 e. The average molecular weight is 281 g/mol. The number of non-ortho nitro benzene ring substituents is 1. The highest BCUT2D eigenvalue weighted by Gasteiger charge is 2.26. The Bertz CT molecular complexity index is 741. The number of hydrazone groups is 1. The van der Waals surface area contributed by atoms with Crippen molar-refractivity contribution >= 4 is 23.0 Å². The first kappa shape index (κ1) is 13.0. The lowest BCUT2D eigenvalue weighted by atomic mass is 10.1. The van der Waals surface area contributed by atoms with Crippen LogP contribution in [-0.2, 0) is 4.79 Å². The van der Waals surface area contributed by atoms with Crippen LogP contribution in [0.25, 0.3) is 0 Å². The molecule has 0 unspecified atom stereocenters. The van der Waals surface area contributed by atoms with Crippen molar-refractivity contribution in [2.45, 2.75) is 6.42 Å². The summed E-state index contributed by atoms with van der Waals surface area (Å²) in [5, 5.41) is 16.3. The van der Waals surface area contributed by atoms with Gasteiger partial charge in [-0.3, -0.25) is 14.9 Å². The Balaban J connectivity index is 1.96. The molecule has 21 heavy (non-hydrogen) atoms. The zero-order valence-corrected chi connectivity index (χ0v) is 11.0. The van der Waals surface area contributed by atoms with E-state index < -0.39 is 4.92 Å². The number of hydrogen-bond acceptors (Lipinski definition) is 4. The minimum atomic E-state index is -0.494. The molecule has 2 aromatic carbocycles. The van der Waals surface area contributed by atoms with E-state index in [0.717, 1.165) is 5.56 Å². The molecule has 6 heteroatoms. The van der Waals surface area contributed by atoms with E-state index >= 15 is 0 Å². The molecule has 0 saturated heterocycles. The highest BCUT2D eigenvalue weighted by Crippen LogP contribution is 2.26. The van der Waals surface area contributed by atoms with Crippen LogP contribution in [-0.4, -0.2) is 16.5 Å². The Morgan fingerprint density at radius 2 is 1.86 bits per heavy atom. The maximum Gasteiger partial charge on any atom is 0.271 e. The summed E-state index contributed by atoms with van der Waals surface area (Å²) in [4.78, 5) is 22.4. The lowest BCUT2D eigenvalue weighted by Crippen LogP contribution is -2.19. The van der Waals surface area contributed by atoms with Crippen molar-refractivity contribution in [3.63, 3.8) is 0 Å². The maximum atomic E-state index is 12.1. The van der Waals surface area contributed by atoms with E-state index in [-0.39, 0.29) is 18.0 Å². The van der Waals surface area contributed by atoms with Crippen LogP contribution in [0.4, 0.5) is 11.4 Å². The zero-order chi connectivity index (χ0) is 14.8. The number of benzene rings is 2. The van der Waals surface area contributed by atoms with Gasteiger partial charge in [0.25, 0.3) is 11.6 Å². The Labute approximate surface area is 120 Å². The van der Waals surface area contributed by atoms with Crippen molar-refractivity contribution in [2.75, 3.05) is 5.01 Å². The predicted octanol–water partition coefficient (Wildman–Crippen LogP) is 2.74. The van der Waals surface area contributed by atoms with Gasteiger partial charge >= 0.3 is 0 Å². The number of rotatable bonds is 3. The molecule has 0 aliphatic carbocycles. The van der Waals surface area contributed by atoms with Gasteiger partial charge in [-0.15, -0.1) is 0 Å². The minimum absolute atomic E-state index is 0.0661. The van der Waals surface area contributed by atoms with Crippen molar-refractivity contribution in [3.05, 3.63) is 70.3 Å². The van der Waals surface area contributed by atoms with Gasteiger partial charge in [0, 0.05) is 12.1 Å². The zero-order valence-electron chi connectivity index (χ0n) is 11.0. The molecule has 1 heterocycles. The van der Waals surface area contributed by atoms with E-state index in [9.17, 15) is 14.9 Å². The Kier molecular flexibility index (Phi) is 3.19. The molecule has 1 amide bonds. The Morgan fingerprint density at radius 3 is 2.57 bits per heavy atom. The molecule has 0 fully saturated rings. The summed E-state index contributed by atoms with van der Waals surface area (Å²) in [6.07, 6.45) is 0.187. The summed E-state index contributed by atoms with van der Waals surface area (Å²) in [6, 6.07) is 15.3. The van der Waals surface area contributed by atoms with Crippen LogP contribution in [0, 0.1) is 10.1 Å². The van der Waals surface area contributed by atoms with Gasteiger partial charge in [-0.25, -0.2) is 0 Å². The van der Waals surface area contributed by atoms with Gasteiger partial charge in [-0.1, -0.05) is 36.4 Å². The summed E-state index contributed by atoms with van der Waals surface area (Å²) in [7, 11) is 0. The molecule has 1 aliphatic heterocycles. The van der Waals surface area contributed by atoms with E-state index in [4.69, 9.17) is 0 Å². The van der Waals surface area contributed by atoms with Crippen LogP contribution < -0.4 is 5.01 Å². The normalized spacial score (nSPS) is 14.2. The lowest BCUT2D eigenvalue weighted by molar-refractivity contribution is -0.384. The van der Waals surface area contributed by atoms with Gasteiger partial charge in [0.1, 0.15) is 0 Å². The number of nitro benzene ring substituents is 1. The monoisotopic (exact) mass is 281 g/mol. The highest BCUT2D eigenvalue weighted by atomic mass is 16.6. The fraction of sp³-hybridized carbons (Fsp3) is 0.0667. The second kappa shape index (κ2) is 5.16. The van der Waals surface area contributed by atoms with E-state index in [2.05, 4.69) is 5.10 Å². The first-order valence-electron chi connectivity index (χ1n) is 6.35. The van der Waals surface area contributed by atoms with Crippen molar-refractivity contribution < 1.29 is 9.72 Å². The molecular formula is C15H11N3O3. The van der Waals surface area contributed by atoms with Gasteiger partial charge in [-0.05, 0) is 11.6 Å². The molecule has 0 radical (unpaired) electrons. The Hall–Kier alpha value is -3.02. The third kappa shape index (κ3) is 2.51. The SMILES string of the molecule is O=C1CC(c2ccccc2)=NN1c1cccc([N+](=O)[O-])c1. The summed E-state index contributed by atoms with van der Waals surface area (Å²) >= 11 is 0. The highest BCUT2D eigenvalue weighted by molar-refractivity contribution is 6.19. The smallest absolute Gasteiger partial charge is 0.271 e. The molecule has 104 valence electrons. The van der Waals surface area contributed by atoms with E-state index in [1.165, 1.54) is 23.2 Å². The minimum Gasteiger partial charge on any atom is -0.272 e. The summed E-state index contributed by atoms with van der Waals surface area (Å²) < 4.78 is 0. The second-order valence-electron chi connectivity index (χ2n) is 4.57. The maximum absolute atomic E-state index is 12.1. The number of amides is 1. The molecule has 1 aliphatic rings. The second-order valence-corrected chi connectivity index (χ2v) is 4.57. The van der Waals surface area contributed by atoms with Crippen molar-refractivity contribution in [3.8, 4) is 0 Å². The van der Waals surface area contributed by atoms with Crippen LogP contribution in [0.1, 0.15) is 12.0 Å². The number of nitro groups is 1. The molecule has 0 N–H and O–H groups in total. The van der Waals surface area contributed by atoms with E-state index in [1.54, 1.807) is 6.07 Å². The third-order valence-corrected chi connectivity index (χ3v) is 3.17. The molecule has 0 atom stereocenters. The van der Waals surface area contributed by atoms with E-state index in [0.29, 0.717) is 11.4 Å². The van der Waals surface area contributed by atoms with Crippen molar-refractivity contribution in [1.29, 1.82) is 0 Å². The summed E-state index contributed by atoms with van der Waals surface area (Å²) in [6.45, 7) is 0. The molecule has 6 nitrogen and oxygen atoms in total. The van der Waals surface area contributed by atoms with Gasteiger partial charge in [0.15, 0.2) is 0 Å². The number of anilines is 1. The lowest BCUT2D eigenvalue weighted by Gasteiger charge is -2.10. The first-order valence-corrected chi connectivity index (χ1v) is 6.35. The van der Waals surface area contributed by atoms with Gasteiger partial charge in [-0.2, -0.15) is 10.1 Å². The number of carbonyl (C=O) groups excluding carboxylic acids is 1. The average Bonchev–Trinajstić information content (AvgIpc) is 2.90. The number of hydrogen-bond donors (Lipinski definition) is 0. The summed E-state index contributed by atoms with van der Waals surface area (Å²) in [5.41, 5.74) is 1.87. The van der Waals surface area contributed by atoms with Crippen molar-refractivity contribution in [1.82, 2.24) is 0 Å². The third-order valence-electron chi connectivity index (χ3n) is 3.17.